The summed E-state index contributed by atoms with van der Waals surface area (Å²) in [4.78, 5) is 53.4. The van der Waals surface area contributed by atoms with E-state index in [1.165, 1.54) is 6.07 Å². The highest BCUT2D eigenvalue weighted by molar-refractivity contribution is 7.58. The molecule has 0 bridgehead atoms. The summed E-state index contributed by atoms with van der Waals surface area (Å²) in [5, 5.41) is 5.68. The molecule has 3 atom stereocenters. The topological polar surface area (TPSA) is 116 Å². The van der Waals surface area contributed by atoms with Gasteiger partial charge in [0.25, 0.3) is 11.8 Å². The summed E-state index contributed by atoms with van der Waals surface area (Å²) in [5.41, 5.74) is 3.05. The van der Waals surface area contributed by atoms with Gasteiger partial charge in [-0.1, -0.05) is 81.8 Å². The number of carbonyl (C=O) groups excluding carboxylic acids is 3. The predicted octanol–water partition coefficient (Wildman–Crippen LogP) is 6.74. The first-order valence-electron chi connectivity index (χ1n) is 15.4. The third-order valence-electron chi connectivity index (χ3n) is 7.62. The Hall–Kier alpha value is -3.74. The molecule has 3 rings (SSSR count). The zero-order valence-electron chi connectivity index (χ0n) is 26.5. The quantitative estimate of drug-likeness (QED) is 0.163. The van der Waals surface area contributed by atoms with Gasteiger partial charge in [-0.2, -0.15) is 0 Å². The van der Waals surface area contributed by atoms with Crippen LogP contribution in [0.4, 0.5) is 5.69 Å². The second-order valence-corrected chi connectivity index (χ2v) is 14.2. The number of aryl methyl sites for hydroxylation is 1. The molecule has 8 nitrogen and oxygen atoms in total. The molecule has 0 saturated heterocycles. The first-order valence-corrected chi connectivity index (χ1v) is 17.3. The highest BCUT2D eigenvalue weighted by Crippen LogP contribution is 2.49. The third-order valence-corrected chi connectivity index (χ3v) is 9.82. The van der Waals surface area contributed by atoms with Crippen LogP contribution in [0.15, 0.2) is 78.9 Å². The van der Waals surface area contributed by atoms with Gasteiger partial charge in [-0.05, 0) is 61.6 Å². The average molecular weight is 620 g/mol. The lowest BCUT2D eigenvalue weighted by Crippen LogP contribution is -2.39. The van der Waals surface area contributed by atoms with Gasteiger partial charge in [0.05, 0.1) is 0 Å². The number of carbonyl (C=O) groups is 3. The van der Waals surface area contributed by atoms with Crippen LogP contribution in [0.5, 0.6) is 0 Å². The van der Waals surface area contributed by atoms with Crippen molar-refractivity contribution in [3.8, 4) is 0 Å². The summed E-state index contributed by atoms with van der Waals surface area (Å²) in [6, 6.07) is 23.0. The molecule has 3 aromatic carbocycles. The molecular formula is C35H46N3O5P. The van der Waals surface area contributed by atoms with E-state index in [0.717, 1.165) is 24.0 Å². The van der Waals surface area contributed by atoms with Crippen LogP contribution in [-0.4, -0.2) is 52.5 Å². The molecule has 0 aromatic heterocycles. The number of nitrogens with one attached hydrogen (secondary N) is 2. The van der Waals surface area contributed by atoms with Crippen molar-refractivity contribution in [3.05, 3.63) is 101 Å². The van der Waals surface area contributed by atoms with Crippen molar-refractivity contribution in [2.75, 3.05) is 24.6 Å². The van der Waals surface area contributed by atoms with E-state index in [4.69, 9.17) is 0 Å². The molecule has 0 saturated carbocycles. The van der Waals surface area contributed by atoms with Crippen molar-refractivity contribution in [3.63, 3.8) is 0 Å². The largest absolute Gasteiger partial charge is 0.343 e. The summed E-state index contributed by atoms with van der Waals surface area (Å²) in [5.74, 6) is -3.22. The van der Waals surface area contributed by atoms with E-state index in [1.807, 2.05) is 77.1 Å². The Morgan fingerprint density at radius 2 is 1.48 bits per heavy atom. The number of nitrogens with zero attached hydrogens (tertiary/aromatic N) is 1. The molecule has 0 spiro atoms. The molecule has 3 aromatic rings. The van der Waals surface area contributed by atoms with Gasteiger partial charge in [0.2, 0.25) is 13.3 Å². The molecule has 44 heavy (non-hydrogen) atoms. The molecule has 3 amide bonds. The van der Waals surface area contributed by atoms with Crippen LogP contribution >= 0.6 is 7.37 Å². The van der Waals surface area contributed by atoms with Crippen molar-refractivity contribution < 1.29 is 23.8 Å². The zero-order valence-corrected chi connectivity index (χ0v) is 27.3. The smallest absolute Gasteiger partial charge is 0.253 e. The van der Waals surface area contributed by atoms with Gasteiger partial charge in [0.15, 0.2) is 0 Å². The van der Waals surface area contributed by atoms with Crippen LogP contribution in [0.2, 0.25) is 0 Å². The second-order valence-electron chi connectivity index (χ2n) is 11.7. The molecule has 3 N–H and O–H groups in total. The van der Waals surface area contributed by atoms with Gasteiger partial charge in [-0.15, -0.1) is 0 Å². The number of amides is 3. The van der Waals surface area contributed by atoms with Crippen molar-refractivity contribution in [1.29, 1.82) is 0 Å². The first kappa shape index (κ1) is 34.7. The minimum atomic E-state index is -4.15. The summed E-state index contributed by atoms with van der Waals surface area (Å²) < 4.78 is 14.1. The highest BCUT2D eigenvalue weighted by atomic mass is 31.2. The van der Waals surface area contributed by atoms with Crippen LogP contribution in [0.3, 0.4) is 0 Å². The van der Waals surface area contributed by atoms with E-state index in [2.05, 4.69) is 10.6 Å². The maximum absolute atomic E-state index is 14.1. The lowest BCUT2D eigenvalue weighted by molar-refractivity contribution is -0.120. The maximum atomic E-state index is 14.1. The summed E-state index contributed by atoms with van der Waals surface area (Å²) in [6.07, 6.45) is 1.43. The number of benzene rings is 3. The monoisotopic (exact) mass is 619 g/mol. The van der Waals surface area contributed by atoms with Crippen LogP contribution in [0.25, 0.3) is 0 Å². The van der Waals surface area contributed by atoms with E-state index in [-0.39, 0.29) is 35.9 Å². The fraction of sp³-hybridized carbons (Fsp3) is 0.400. The number of anilines is 1. The van der Waals surface area contributed by atoms with Gasteiger partial charge in [0, 0.05) is 48.4 Å². The van der Waals surface area contributed by atoms with Gasteiger partial charge in [-0.3, -0.25) is 18.9 Å². The molecule has 9 heteroatoms. The van der Waals surface area contributed by atoms with E-state index >= 15 is 0 Å². The SMILES string of the molecule is CCCN(CCC)C(=O)c1cccc(C(=O)NC(Cc2ccccc2)P(=O)(O)CC(C(=O)Nc2ccc(C)cc2)C(C)C)c1. The van der Waals surface area contributed by atoms with Crippen molar-refractivity contribution in [1.82, 2.24) is 10.2 Å². The molecule has 0 aliphatic rings. The Bertz CT molecular complexity index is 1440. The highest BCUT2D eigenvalue weighted by Gasteiger charge is 2.38. The van der Waals surface area contributed by atoms with Crippen molar-refractivity contribution >= 4 is 30.8 Å². The first-order chi connectivity index (χ1) is 20.9. The minimum Gasteiger partial charge on any atom is -0.343 e. The molecule has 3 unspecified atom stereocenters. The van der Waals surface area contributed by atoms with E-state index in [0.29, 0.717) is 24.3 Å². The Kier molecular flexibility index (Phi) is 12.9. The Morgan fingerprint density at radius 3 is 2.07 bits per heavy atom. The average Bonchev–Trinajstić information content (AvgIpc) is 3.00. The number of hydrogen-bond acceptors (Lipinski definition) is 4. The zero-order chi connectivity index (χ0) is 32.3. The normalized spacial score (nSPS) is 13.9. The van der Waals surface area contributed by atoms with Crippen LogP contribution in [-0.2, 0) is 15.8 Å². The number of hydrogen-bond donors (Lipinski definition) is 3. The van der Waals surface area contributed by atoms with Gasteiger partial charge < -0.3 is 20.4 Å². The fourth-order valence-electron chi connectivity index (χ4n) is 5.07. The van der Waals surface area contributed by atoms with E-state index in [1.54, 1.807) is 35.2 Å². The summed E-state index contributed by atoms with van der Waals surface area (Å²) in [7, 11) is -4.15. The Morgan fingerprint density at radius 1 is 0.864 bits per heavy atom. The summed E-state index contributed by atoms with van der Waals surface area (Å²) >= 11 is 0. The van der Waals surface area contributed by atoms with Gasteiger partial charge in [-0.25, -0.2) is 0 Å². The molecule has 0 radical (unpaired) electrons. The third kappa shape index (κ3) is 9.90. The maximum Gasteiger partial charge on any atom is 0.253 e. The lowest BCUT2D eigenvalue weighted by atomic mass is 9.97. The molecule has 0 aliphatic carbocycles. The van der Waals surface area contributed by atoms with Gasteiger partial charge >= 0.3 is 0 Å². The van der Waals surface area contributed by atoms with E-state index < -0.39 is 25.0 Å². The van der Waals surface area contributed by atoms with E-state index in [9.17, 15) is 23.8 Å². The van der Waals surface area contributed by atoms with Crippen LogP contribution < -0.4 is 10.6 Å². The predicted molar refractivity (Wildman–Crippen MR) is 177 cm³/mol. The second kappa shape index (κ2) is 16.4. The fourth-order valence-corrected chi connectivity index (χ4v) is 7.30. The van der Waals surface area contributed by atoms with Crippen LogP contribution in [0.1, 0.15) is 72.4 Å². The lowest BCUT2D eigenvalue weighted by Gasteiger charge is -2.29. The molecule has 0 heterocycles. The molecule has 0 fully saturated rings. The van der Waals surface area contributed by atoms with Crippen molar-refractivity contribution in [2.24, 2.45) is 11.8 Å². The van der Waals surface area contributed by atoms with Gasteiger partial charge in [0.1, 0.15) is 5.78 Å². The summed E-state index contributed by atoms with van der Waals surface area (Å²) in [6.45, 7) is 10.9. The van der Waals surface area contributed by atoms with Crippen LogP contribution in [0, 0.1) is 18.8 Å². The molecular weight excluding hydrogens is 573 g/mol. The Labute approximate surface area is 261 Å². The standard InChI is InChI=1S/C35H46N3O5P/c1-6-20-38(21-7-2)35(41)29-15-11-14-28(23-29)33(39)37-32(22-27-12-9-8-10-13-27)44(42,43)24-31(25(3)4)34(40)36-30-18-16-26(5)17-19-30/h8-19,23,25,31-32H,6-7,20-22,24H2,1-5H3,(H,36,40)(H,37,39)(H,42,43). The molecule has 236 valence electrons. The minimum absolute atomic E-state index is 0.101. The molecule has 0 aliphatic heterocycles. The Balaban J connectivity index is 1.87. The van der Waals surface area contributed by atoms with Crippen molar-refractivity contribution in [2.45, 2.75) is 59.7 Å². The number of rotatable bonds is 15.